The van der Waals surface area contributed by atoms with Gasteiger partial charge in [-0.05, 0) is 37.6 Å². The molecule has 2 aromatic rings. The average molecular weight is 457 g/mol. The standard InChI is InChI=1S/C23H24N2O6S/c1-14-19(22(26)30-3)21(20(15(2)24-14)23(27)31-4)17-12-8-9-13-18(17)25-32(28,29)16-10-6-5-7-11-16/h5-13,19,21,25H,1-4H3. The number of carbonyl (C=O) groups is 2. The normalized spacial score (nSPS) is 18.6. The van der Waals surface area contributed by atoms with Gasteiger partial charge in [0.15, 0.2) is 0 Å². The first-order chi connectivity index (χ1) is 15.2. The number of rotatable bonds is 6. The van der Waals surface area contributed by atoms with Crippen molar-refractivity contribution in [1.29, 1.82) is 0 Å². The Hall–Kier alpha value is -3.46. The summed E-state index contributed by atoms with van der Waals surface area (Å²) in [5, 5.41) is 0. The maximum Gasteiger partial charge on any atom is 0.336 e. The number of hydrogen-bond acceptors (Lipinski definition) is 7. The first kappa shape index (κ1) is 23.2. The number of hydrogen-bond donors (Lipinski definition) is 1. The van der Waals surface area contributed by atoms with Crippen LogP contribution < -0.4 is 4.72 Å². The Morgan fingerprint density at radius 3 is 2.19 bits per heavy atom. The Morgan fingerprint density at radius 1 is 0.938 bits per heavy atom. The lowest BCUT2D eigenvalue weighted by atomic mass is 9.75. The zero-order chi connectivity index (χ0) is 23.5. The highest BCUT2D eigenvalue weighted by atomic mass is 32.2. The van der Waals surface area contributed by atoms with Crippen LogP contribution in [0, 0.1) is 5.92 Å². The molecule has 1 heterocycles. The van der Waals surface area contributed by atoms with Crippen molar-refractivity contribution in [1.82, 2.24) is 0 Å². The van der Waals surface area contributed by atoms with Gasteiger partial charge in [0.2, 0.25) is 0 Å². The largest absolute Gasteiger partial charge is 0.468 e. The van der Waals surface area contributed by atoms with Crippen LogP contribution in [-0.2, 0) is 29.1 Å². The van der Waals surface area contributed by atoms with Gasteiger partial charge in [-0.3, -0.25) is 14.5 Å². The lowest BCUT2D eigenvalue weighted by molar-refractivity contribution is -0.143. The number of ether oxygens (including phenoxy) is 2. The smallest absolute Gasteiger partial charge is 0.336 e. The SMILES string of the molecule is COC(=O)C1=C(C)N=C(C)C(C(=O)OC)C1c1ccccc1NS(=O)(=O)c1ccccc1. The maximum atomic E-state index is 13.0. The van der Waals surface area contributed by atoms with Crippen molar-refractivity contribution in [3.63, 3.8) is 0 Å². The number of benzene rings is 2. The molecule has 0 bridgehead atoms. The second kappa shape index (κ2) is 9.35. The summed E-state index contributed by atoms with van der Waals surface area (Å²) in [6, 6.07) is 14.5. The first-order valence-electron chi connectivity index (χ1n) is 9.80. The summed E-state index contributed by atoms with van der Waals surface area (Å²) in [6.45, 7) is 3.32. The van der Waals surface area contributed by atoms with Crippen molar-refractivity contribution >= 4 is 33.4 Å². The maximum absolute atomic E-state index is 13.0. The van der Waals surface area contributed by atoms with Crippen molar-refractivity contribution in [2.24, 2.45) is 10.9 Å². The van der Waals surface area contributed by atoms with Gasteiger partial charge in [0, 0.05) is 17.3 Å². The van der Waals surface area contributed by atoms with E-state index in [9.17, 15) is 18.0 Å². The molecule has 32 heavy (non-hydrogen) atoms. The van der Waals surface area contributed by atoms with E-state index in [4.69, 9.17) is 9.47 Å². The van der Waals surface area contributed by atoms with Gasteiger partial charge < -0.3 is 9.47 Å². The molecule has 1 N–H and O–H groups in total. The van der Waals surface area contributed by atoms with Gasteiger partial charge in [0.05, 0.1) is 30.4 Å². The minimum Gasteiger partial charge on any atom is -0.468 e. The van der Waals surface area contributed by atoms with Crippen LogP contribution in [0.3, 0.4) is 0 Å². The molecule has 2 unspecified atom stereocenters. The Bertz CT molecular complexity index is 1200. The van der Waals surface area contributed by atoms with E-state index in [1.54, 1.807) is 56.3 Å². The molecule has 2 atom stereocenters. The summed E-state index contributed by atoms with van der Waals surface area (Å²) in [4.78, 5) is 29.9. The number of nitrogens with zero attached hydrogens (tertiary/aromatic N) is 1. The van der Waals surface area contributed by atoms with Crippen molar-refractivity contribution in [3.8, 4) is 0 Å². The Balaban J connectivity index is 2.19. The van der Waals surface area contributed by atoms with Crippen LogP contribution >= 0.6 is 0 Å². The summed E-state index contributed by atoms with van der Waals surface area (Å²) >= 11 is 0. The summed E-state index contributed by atoms with van der Waals surface area (Å²) in [5.41, 5.74) is 1.67. The van der Waals surface area contributed by atoms with E-state index in [1.807, 2.05) is 0 Å². The number of esters is 2. The predicted molar refractivity (Wildman–Crippen MR) is 120 cm³/mol. The predicted octanol–water partition coefficient (Wildman–Crippen LogP) is 3.28. The van der Waals surface area contributed by atoms with E-state index < -0.39 is 33.8 Å². The average Bonchev–Trinajstić information content (AvgIpc) is 2.78. The summed E-state index contributed by atoms with van der Waals surface area (Å²) in [7, 11) is -1.43. The molecule has 0 aromatic heterocycles. The minimum absolute atomic E-state index is 0.0839. The van der Waals surface area contributed by atoms with Crippen LogP contribution in [0.5, 0.6) is 0 Å². The van der Waals surface area contributed by atoms with Gasteiger partial charge in [-0.25, -0.2) is 13.2 Å². The fourth-order valence-corrected chi connectivity index (χ4v) is 4.95. The number of aliphatic imine (C=N–C) groups is 1. The van der Waals surface area contributed by atoms with Crippen LogP contribution in [0.4, 0.5) is 5.69 Å². The van der Waals surface area contributed by atoms with Crippen molar-refractivity contribution in [2.45, 2.75) is 24.7 Å². The molecule has 0 radical (unpaired) electrons. The third kappa shape index (κ3) is 4.43. The topological polar surface area (TPSA) is 111 Å². The number of anilines is 1. The minimum atomic E-state index is -3.92. The van der Waals surface area contributed by atoms with Crippen LogP contribution in [0.1, 0.15) is 25.3 Å². The molecular weight excluding hydrogens is 432 g/mol. The molecule has 9 heteroatoms. The molecule has 0 amide bonds. The molecule has 1 aliphatic rings. The van der Waals surface area contributed by atoms with E-state index in [0.29, 0.717) is 17.0 Å². The van der Waals surface area contributed by atoms with Gasteiger partial charge in [-0.2, -0.15) is 0 Å². The van der Waals surface area contributed by atoms with E-state index in [2.05, 4.69) is 9.71 Å². The van der Waals surface area contributed by atoms with E-state index in [1.165, 1.54) is 26.4 Å². The number of nitrogens with one attached hydrogen (secondary N) is 1. The lowest BCUT2D eigenvalue weighted by Crippen LogP contribution is -2.36. The van der Waals surface area contributed by atoms with Crippen molar-refractivity contribution in [2.75, 3.05) is 18.9 Å². The van der Waals surface area contributed by atoms with E-state index in [0.717, 1.165) is 0 Å². The number of carbonyl (C=O) groups excluding carboxylic acids is 2. The first-order valence-corrected chi connectivity index (χ1v) is 11.3. The Morgan fingerprint density at radius 2 is 1.56 bits per heavy atom. The third-order valence-electron chi connectivity index (χ3n) is 5.28. The molecule has 8 nitrogen and oxygen atoms in total. The molecule has 0 spiro atoms. The van der Waals surface area contributed by atoms with Crippen LogP contribution in [0.2, 0.25) is 0 Å². The lowest BCUT2D eigenvalue weighted by Gasteiger charge is -2.32. The number of allylic oxidation sites excluding steroid dienone is 1. The number of para-hydroxylation sites is 1. The van der Waals surface area contributed by atoms with Crippen molar-refractivity contribution in [3.05, 3.63) is 71.4 Å². The highest BCUT2D eigenvalue weighted by molar-refractivity contribution is 7.92. The monoisotopic (exact) mass is 456 g/mol. The second-order valence-electron chi connectivity index (χ2n) is 7.23. The highest BCUT2D eigenvalue weighted by Crippen LogP contribution is 2.43. The van der Waals surface area contributed by atoms with E-state index >= 15 is 0 Å². The van der Waals surface area contributed by atoms with Crippen molar-refractivity contribution < 1.29 is 27.5 Å². The van der Waals surface area contributed by atoms with E-state index in [-0.39, 0.29) is 16.2 Å². The Kier molecular flexibility index (Phi) is 6.78. The zero-order valence-corrected chi connectivity index (χ0v) is 19.0. The molecule has 1 aliphatic heterocycles. The second-order valence-corrected chi connectivity index (χ2v) is 8.91. The molecule has 0 fully saturated rings. The van der Waals surface area contributed by atoms with Crippen LogP contribution in [-0.4, -0.2) is 40.3 Å². The molecule has 3 rings (SSSR count). The fraction of sp³-hybridized carbons (Fsp3) is 0.261. The van der Waals surface area contributed by atoms with Gasteiger partial charge in [-0.15, -0.1) is 0 Å². The molecule has 0 aliphatic carbocycles. The number of methoxy groups -OCH3 is 2. The molecule has 2 aromatic carbocycles. The quantitative estimate of drug-likeness (QED) is 0.668. The van der Waals surface area contributed by atoms with Gasteiger partial charge >= 0.3 is 11.9 Å². The van der Waals surface area contributed by atoms with Gasteiger partial charge in [0.25, 0.3) is 10.0 Å². The highest BCUT2D eigenvalue weighted by Gasteiger charge is 2.43. The zero-order valence-electron chi connectivity index (χ0n) is 18.2. The summed E-state index contributed by atoms with van der Waals surface area (Å²) in [5.74, 6) is -3.04. The third-order valence-corrected chi connectivity index (χ3v) is 6.66. The van der Waals surface area contributed by atoms with Gasteiger partial charge in [-0.1, -0.05) is 36.4 Å². The molecule has 168 valence electrons. The van der Waals surface area contributed by atoms with Crippen LogP contribution in [0.15, 0.2) is 75.8 Å². The molecule has 0 saturated heterocycles. The van der Waals surface area contributed by atoms with Crippen LogP contribution in [0.25, 0.3) is 0 Å². The number of sulfonamides is 1. The fourth-order valence-electron chi connectivity index (χ4n) is 3.84. The summed E-state index contributed by atoms with van der Waals surface area (Å²) < 4.78 is 38.5. The molecular formula is C23H24N2O6S. The molecule has 0 saturated carbocycles. The summed E-state index contributed by atoms with van der Waals surface area (Å²) in [6.07, 6.45) is 0. The van der Waals surface area contributed by atoms with Gasteiger partial charge in [0.1, 0.15) is 5.92 Å². The Labute approximate surface area is 187 Å².